The maximum Gasteiger partial charge on any atom is 0.254 e. The fourth-order valence-electron chi connectivity index (χ4n) is 2.94. The Bertz CT molecular complexity index is 478. The Balaban J connectivity index is 1.70. The number of hydrogen-bond acceptors (Lipinski definition) is 4. The van der Waals surface area contributed by atoms with Gasteiger partial charge < -0.3 is 15.8 Å². The molecule has 1 fully saturated rings. The summed E-state index contributed by atoms with van der Waals surface area (Å²) in [6.45, 7) is 1.42. The number of rotatable bonds is 3. The van der Waals surface area contributed by atoms with E-state index in [2.05, 4.69) is 5.32 Å². The van der Waals surface area contributed by atoms with Crippen LogP contribution in [0.1, 0.15) is 46.5 Å². The number of hydrogen-bond donors (Lipinski definition) is 2. The van der Waals surface area contributed by atoms with E-state index in [1.54, 1.807) is 11.3 Å². The van der Waals surface area contributed by atoms with Gasteiger partial charge in [0.15, 0.2) is 0 Å². The first kappa shape index (κ1) is 12.9. The SMILES string of the molecule is Nc1sc2c(c1C(=O)NC[C@H]1CCCO1)CCCC2. The monoisotopic (exact) mass is 280 g/mol. The van der Waals surface area contributed by atoms with E-state index in [1.807, 2.05) is 0 Å². The van der Waals surface area contributed by atoms with Crippen LogP contribution < -0.4 is 11.1 Å². The van der Waals surface area contributed by atoms with Crippen molar-refractivity contribution in [2.24, 2.45) is 0 Å². The molecular formula is C14H20N2O2S. The molecule has 4 nitrogen and oxygen atoms in total. The molecule has 104 valence electrons. The van der Waals surface area contributed by atoms with Crippen LogP contribution >= 0.6 is 11.3 Å². The van der Waals surface area contributed by atoms with Gasteiger partial charge in [-0.05, 0) is 44.1 Å². The van der Waals surface area contributed by atoms with E-state index >= 15 is 0 Å². The Morgan fingerprint density at radius 3 is 3.00 bits per heavy atom. The quantitative estimate of drug-likeness (QED) is 0.891. The van der Waals surface area contributed by atoms with Gasteiger partial charge in [0.1, 0.15) is 0 Å². The molecule has 3 rings (SSSR count). The molecule has 0 bridgehead atoms. The summed E-state index contributed by atoms with van der Waals surface area (Å²) in [4.78, 5) is 13.6. The van der Waals surface area contributed by atoms with Crippen molar-refractivity contribution in [3.63, 3.8) is 0 Å². The van der Waals surface area contributed by atoms with Gasteiger partial charge >= 0.3 is 0 Å². The molecular weight excluding hydrogens is 260 g/mol. The minimum absolute atomic E-state index is 0.0209. The van der Waals surface area contributed by atoms with Crippen molar-refractivity contribution < 1.29 is 9.53 Å². The molecule has 5 heteroatoms. The summed E-state index contributed by atoms with van der Waals surface area (Å²) in [5.41, 5.74) is 7.96. The second-order valence-corrected chi connectivity index (χ2v) is 6.43. The summed E-state index contributed by atoms with van der Waals surface area (Å²) >= 11 is 1.59. The van der Waals surface area contributed by atoms with Crippen LogP contribution in [0.3, 0.4) is 0 Å². The smallest absolute Gasteiger partial charge is 0.254 e. The predicted molar refractivity (Wildman–Crippen MR) is 76.7 cm³/mol. The van der Waals surface area contributed by atoms with Crippen LogP contribution in [0.4, 0.5) is 5.00 Å². The van der Waals surface area contributed by atoms with Gasteiger partial charge in [0.05, 0.1) is 16.7 Å². The topological polar surface area (TPSA) is 64.4 Å². The van der Waals surface area contributed by atoms with E-state index in [9.17, 15) is 4.79 Å². The molecule has 1 saturated heterocycles. The van der Waals surface area contributed by atoms with Crippen LogP contribution in [0, 0.1) is 0 Å². The average molecular weight is 280 g/mol. The number of nitrogens with two attached hydrogens (primary N) is 1. The molecule has 1 aromatic rings. The number of ether oxygens (including phenoxy) is 1. The molecule has 1 aliphatic heterocycles. The average Bonchev–Trinajstić information content (AvgIpc) is 3.02. The van der Waals surface area contributed by atoms with Crippen molar-refractivity contribution in [3.8, 4) is 0 Å². The Hall–Kier alpha value is -1.07. The van der Waals surface area contributed by atoms with Crippen molar-refractivity contribution in [2.75, 3.05) is 18.9 Å². The van der Waals surface area contributed by atoms with E-state index in [0.29, 0.717) is 11.5 Å². The van der Waals surface area contributed by atoms with Gasteiger partial charge in [-0.15, -0.1) is 11.3 Å². The zero-order valence-electron chi connectivity index (χ0n) is 11.0. The Kier molecular flexibility index (Phi) is 3.75. The standard InChI is InChI=1S/C14H20N2O2S/c15-13-12(10-5-1-2-6-11(10)19-13)14(17)16-8-9-4-3-7-18-9/h9H,1-8,15H2,(H,16,17)/t9-/m1/s1. The van der Waals surface area contributed by atoms with Gasteiger partial charge in [-0.1, -0.05) is 0 Å². The third kappa shape index (κ3) is 2.62. The number of thiophene rings is 1. The Labute approximate surface area is 117 Å². The van der Waals surface area contributed by atoms with Crippen LogP contribution in [0.5, 0.6) is 0 Å². The second kappa shape index (κ2) is 5.51. The minimum Gasteiger partial charge on any atom is -0.390 e. The first-order valence-electron chi connectivity index (χ1n) is 7.05. The molecule has 2 heterocycles. The third-order valence-electron chi connectivity index (χ3n) is 3.94. The number of anilines is 1. The molecule has 3 N–H and O–H groups in total. The molecule has 1 amide bonds. The van der Waals surface area contributed by atoms with Gasteiger partial charge in [0.25, 0.3) is 5.91 Å². The normalized spacial score (nSPS) is 22.2. The number of nitrogen functional groups attached to an aromatic ring is 1. The number of fused-ring (bicyclic) bond motifs is 1. The van der Waals surface area contributed by atoms with Gasteiger partial charge in [0.2, 0.25) is 0 Å². The number of carbonyl (C=O) groups is 1. The summed E-state index contributed by atoms with van der Waals surface area (Å²) < 4.78 is 5.52. The van der Waals surface area contributed by atoms with Crippen molar-refractivity contribution in [1.29, 1.82) is 0 Å². The van der Waals surface area contributed by atoms with Crippen molar-refractivity contribution in [1.82, 2.24) is 5.32 Å². The van der Waals surface area contributed by atoms with Crippen molar-refractivity contribution in [2.45, 2.75) is 44.6 Å². The van der Waals surface area contributed by atoms with Crippen LogP contribution in [-0.4, -0.2) is 25.2 Å². The molecule has 0 unspecified atom stereocenters. The Morgan fingerprint density at radius 1 is 1.37 bits per heavy atom. The molecule has 2 aliphatic rings. The number of nitrogens with one attached hydrogen (secondary N) is 1. The second-order valence-electron chi connectivity index (χ2n) is 5.30. The number of carbonyl (C=O) groups excluding carboxylic acids is 1. The third-order valence-corrected chi connectivity index (χ3v) is 5.06. The molecule has 0 spiro atoms. The van der Waals surface area contributed by atoms with Crippen LogP contribution in [-0.2, 0) is 17.6 Å². The summed E-state index contributed by atoms with van der Waals surface area (Å²) in [5, 5.41) is 3.66. The molecule has 1 aliphatic carbocycles. The van der Waals surface area contributed by atoms with Crippen molar-refractivity contribution >= 4 is 22.2 Å². The van der Waals surface area contributed by atoms with E-state index in [-0.39, 0.29) is 12.0 Å². The molecule has 19 heavy (non-hydrogen) atoms. The molecule has 1 aromatic heterocycles. The van der Waals surface area contributed by atoms with E-state index in [0.717, 1.165) is 44.3 Å². The molecule has 1 atom stereocenters. The number of aryl methyl sites for hydroxylation is 1. The highest BCUT2D eigenvalue weighted by Crippen LogP contribution is 2.36. The minimum atomic E-state index is -0.0209. The van der Waals surface area contributed by atoms with Gasteiger partial charge in [-0.2, -0.15) is 0 Å². The maximum absolute atomic E-state index is 12.3. The maximum atomic E-state index is 12.3. The zero-order valence-corrected chi connectivity index (χ0v) is 11.9. The summed E-state index contributed by atoms with van der Waals surface area (Å²) in [6.07, 6.45) is 6.75. The summed E-state index contributed by atoms with van der Waals surface area (Å²) in [6, 6.07) is 0. The van der Waals surface area contributed by atoms with Crippen molar-refractivity contribution in [3.05, 3.63) is 16.0 Å². The predicted octanol–water partition coefficient (Wildman–Crippen LogP) is 2.12. The first-order valence-corrected chi connectivity index (χ1v) is 7.87. The molecule has 0 aromatic carbocycles. The van der Waals surface area contributed by atoms with E-state index in [1.165, 1.54) is 16.9 Å². The first-order chi connectivity index (χ1) is 9.25. The molecule has 0 saturated carbocycles. The summed E-state index contributed by atoms with van der Waals surface area (Å²) in [5.74, 6) is -0.0209. The largest absolute Gasteiger partial charge is 0.390 e. The highest BCUT2D eigenvalue weighted by atomic mass is 32.1. The Morgan fingerprint density at radius 2 is 2.21 bits per heavy atom. The zero-order chi connectivity index (χ0) is 13.2. The lowest BCUT2D eigenvalue weighted by atomic mass is 9.95. The fourth-order valence-corrected chi connectivity index (χ4v) is 4.09. The number of amides is 1. The van der Waals surface area contributed by atoms with Crippen LogP contribution in [0.25, 0.3) is 0 Å². The lowest BCUT2D eigenvalue weighted by molar-refractivity contribution is 0.0858. The van der Waals surface area contributed by atoms with E-state index in [4.69, 9.17) is 10.5 Å². The van der Waals surface area contributed by atoms with E-state index < -0.39 is 0 Å². The van der Waals surface area contributed by atoms with Gasteiger partial charge in [-0.3, -0.25) is 4.79 Å². The lowest BCUT2D eigenvalue weighted by Gasteiger charge is -2.14. The molecule has 0 radical (unpaired) electrons. The highest BCUT2D eigenvalue weighted by Gasteiger charge is 2.25. The van der Waals surface area contributed by atoms with Gasteiger partial charge in [0, 0.05) is 18.0 Å². The van der Waals surface area contributed by atoms with Gasteiger partial charge in [-0.25, -0.2) is 0 Å². The van der Waals surface area contributed by atoms with Crippen LogP contribution in [0.2, 0.25) is 0 Å². The fraction of sp³-hybridized carbons (Fsp3) is 0.643. The lowest BCUT2D eigenvalue weighted by Crippen LogP contribution is -2.32. The van der Waals surface area contributed by atoms with Crippen LogP contribution in [0.15, 0.2) is 0 Å². The summed E-state index contributed by atoms with van der Waals surface area (Å²) in [7, 11) is 0. The highest BCUT2D eigenvalue weighted by molar-refractivity contribution is 7.16.